The van der Waals surface area contributed by atoms with Crippen molar-refractivity contribution in [1.29, 1.82) is 0 Å². The number of hydrogen-bond acceptors (Lipinski definition) is 2. The Bertz CT molecular complexity index is 679. The number of para-hydroxylation sites is 1. The van der Waals surface area contributed by atoms with Crippen LogP contribution in [0, 0.1) is 0 Å². The van der Waals surface area contributed by atoms with Crippen molar-refractivity contribution in [2.75, 3.05) is 0 Å². The molecule has 0 atom stereocenters. The molecule has 0 amide bonds. The van der Waals surface area contributed by atoms with Crippen LogP contribution < -0.4 is 0 Å². The van der Waals surface area contributed by atoms with E-state index in [0.717, 1.165) is 14.9 Å². The molecule has 0 fully saturated rings. The predicted molar refractivity (Wildman–Crippen MR) is 80.0 cm³/mol. The molecule has 3 rings (SSSR count). The summed E-state index contributed by atoms with van der Waals surface area (Å²) in [6, 6.07) is 18.7. The molecule has 0 saturated carbocycles. The normalized spacial score (nSPS) is 10.7. The van der Waals surface area contributed by atoms with E-state index >= 15 is 0 Å². The van der Waals surface area contributed by atoms with E-state index in [4.69, 9.17) is 0 Å². The lowest BCUT2D eigenvalue weighted by Gasteiger charge is -2.03. The van der Waals surface area contributed by atoms with Gasteiger partial charge in [0.2, 0.25) is 0 Å². The van der Waals surface area contributed by atoms with Gasteiger partial charge in [0.15, 0.2) is 0 Å². The smallest absolute Gasteiger partial charge is 0.0702 e. The van der Waals surface area contributed by atoms with Crippen LogP contribution >= 0.6 is 27.7 Å². The molecule has 1 aromatic heterocycles. The maximum atomic E-state index is 4.46. The summed E-state index contributed by atoms with van der Waals surface area (Å²) in [5.41, 5.74) is 1.04. The highest BCUT2D eigenvalue weighted by molar-refractivity contribution is 9.10. The first kappa shape index (κ1) is 11.8. The van der Waals surface area contributed by atoms with Gasteiger partial charge in [0.05, 0.1) is 5.52 Å². The highest BCUT2D eigenvalue weighted by Crippen LogP contribution is 2.29. The van der Waals surface area contributed by atoms with Crippen LogP contribution in [-0.4, -0.2) is 4.98 Å². The third-order valence-corrected chi connectivity index (χ3v) is 4.11. The number of halogens is 1. The van der Waals surface area contributed by atoms with Crippen LogP contribution in [0.5, 0.6) is 0 Å². The molecule has 18 heavy (non-hydrogen) atoms. The van der Waals surface area contributed by atoms with Crippen LogP contribution in [0.2, 0.25) is 0 Å². The monoisotopic (exact) mass is 315 g/mol. The minimum atomic E-state index is 1.04. The van der Waals surface area contributed by atoms with Crippen LogP contribution in [-0.2, 0) is 0 Å². The van der Waals surface area contributed by atoms with Crippen molar-refractivity contribution in [2.24, 2.45) is 0 Å². The van der Waals surface area contributed by atoms with Crippen LogP contribution in [0.25, 0.3) is 10.9 Å². The number of aromatic nitrogens is 1. The van der Waals surface area contributed by atoms with Gasteiger partial charge in [-0.05, 0) is 36.4 Å². The summed E-state index contributed by atoms with van der Waals surface area (Å²) < 4.78 is 1.10. The quantitative estimate of drug-likeness (QED) is 0.648. The molecule has 0 bridgehead atoms. The van der Waals surface area contributed by atoms with Crippen LogP contribution in [0.1, 0.15) is 0 Å². The first-order chi connectivity index (χ1) is 8.81. The van der Waals surface area contributed by atoms with Gasteiger partial charge in [-0.25, -0.2) is 0 Å². The standard InChI is InChI=1S/C15H10BrNS/c16-12-5-7-13(8-6-12)18-14-9-11-3-1-2-4-15(11)17-10-14/h1-10H. The lowest BCUT2D eigenvalue weighted by atomic mass is 10.2. The van der Waals surface area contributed by atoms with Crippen molar-refractivity contribution in [2.45, 2.75) is 9.79 Å². The van der Waals surface area contributed by atoms with Crippen LogP contribution in [0.4, 0.5) is 0 Å². The van der Waals surface area contributed by atoms with E-state index in [2.05, 4.69) is 57.3 Å². The fourth-order valence-corrected chi connectivity index (χ4v) is 2.85. The summed E-state index contributed by atoms with van der Waals surface area (Å²) in [7, 11) is 0. The molecule has 0 aliphatic heterocycles. The molecule has 0 N–H and O–H groups in total. The van der Waals surface area contributed by atoms with Crippen molar-refractivity contribution >= 4 is 38.6 Å². The fraction of sp³-hybridized carbons (Fsp3) is 0. The molecular weight excluding hydrogens is 306 g/mol. The Kier molecular flexibility index (Phi) is 3.35. The van der Waals surface area contributed by atoms with Gasteiger partial charge in [-0.2, -0.15) is 0 Å². The third-order valence-electron chi connectivity index (χ3n) is 2.61. The topological polar surface area (TPSA) is 12.9 Å². The second-order valence-corrected chi connectivity index (χ2v) is 5.98. The van der Waals surface area contributed by atoms with E-state index in [9.17, 15) is 0 Å². The molecule has 88 valence electrons. The third kappa shape index (κ3) is 2.57. The second-order valence-electron chi connectivity index (χ2n) is 3.92. The summed E-state index contributed by atoms with van der Waals surface area (Å²) in [5.74, 6) is 0. The van der Waals surface area contributed by atoms with Gasteiger partial charge in [0.25, 0.3) is 0 Å². The Morgan fingerprint density at radius 1 is 0.889 bits per heavy atom. The van der Waals surface area contributed by atoms with Gasteiger partial charge in [-0.3, -0.25) is 4.98 Å². The van der Waals surface area contributed by atoms with E-state index in [1.54, 1.807) is 11.8 Å². The number of rotatable bonds is 2. The lowest BCUT2D eigenvalue weighted by molar-refractivity contribution is 1.30. The predicted octanol–water partition coefficient (Wildman–Crippen LogP) is 5.15. The molecular formula is C15H10BrNS. The maximum Gasteiger partial charge on any atom is 0.0702 e. The van der Waals surface area contributed by atoms with Gasteiger partial charge in [0, 0.05) is 25.8 Å². The van der Waals surface area contributed by atoms with E-state index in [0.29, 0.717) is 0 Å². The summed E-state index contributed by atoms with van der Waals surface area (Å²) >= 11 is 5.17. The van der Waals surface area contributed by atoms with Crippen molar-refractivity contribution in [3.63, 3.8) is 0 Å². The highest BCUT2D eigenvalue weighted by atomic mass is 79.9. The van der Waals surface area contributed by atoms with E-state index in [1.165, 1.54) is 10.3 Å². The molecule has 0 radical (unpaired) electrons. The zero-order chi connectivity index (χ0) is 12.4. The number of hydrogen-bond donors (Lipinski definition) is 0. The Labute approximate surface area is 118 Å². The van der Waals surface area contributed by atoms with Gasteiger partial charge in [0.1, 0.15) is 0 Å². The summed E-state index contributed by atoms with van der Waals surface area (Å²) in [5, 5.41) is 1.18. The minimum absolute atomic E-state index is 1.04. The maximum absolute atomic E-state index is 4.46. The Balaban J connectivity index is 1.92. The van der Waals surface area contributed by atoms with Crippen molar-refractivity contribution < 1.29 is 0 Å². The van der Waals surface area contributed by atoms with Crippen molar-refractivity contribution in [1.82, 2.24) is 4.98 Å². The molecule has 2 aromatic carbocycles. The van der Waals surface area contributed by atoms with E-state index < -0.39 is 0 Å². The zero-order valence-electron chi connectivity index (χ0n) is 9.51. The van der Waals surface area contributed by atoms with E-state index in [-0.39, 0.29) is 0 Å². The Morgan fingerprint density at radius 3 is 2.50 bits per heavy atom. The Hall–Kier alpha value is -1.32. The SMILES string of the molecule is Brc1ccc(Sc2cnc3ccccc3c2)cc1. The van der Waals surface area contributed by atoms with Gasteiger partial charge >= 0.3 is 0 Å². The molecule has 0 spiro atoms. The van der Waals surface area contributed by atoms with Gasteiger partial charge in [-0.1, -0.05) is 45.9 Å². The van der Waals surface area contributed by atoms with Crippen LogP contribution in [0.15, 0.2) is 75.1 Å². The first-order valence-corrected chi connectivity index (χ1v) is 7.20. The molecule has 3 aromatic rings. The number of benzene rings is 2. The molecule has 1 nitrogen and oxygen atoms in total. The lowest BCUT2D eigenvalue weighted by Crippen LogP contribution is -1.80. The number of pyridine rings is 1. The molecule has 0 aliphatic carbocycles. The summed E-state index contributed by atoms with van der Waals surface area (Å²) in [6.07, 6.45) is 1.93. The van der Waals surface area contributed by atoms with E-state index in [1.807, 2.05) is 24.4 Å². The number of fused-ring (bicyclic) bond motifs is 1. The molecule has 3 heteroatoms. The first-order valence-electron chi connectivity index (χ1n) is 5.59. The van der Waals surface area contributed by atoms with Gasteiger partial charge < -0.3 is 0 Å². The Morgan fingerprint density at radius 2 is 1.67 bits per heavy atom. The van der Waals surface area contributed by atoms with Crippen molar-refractivity contribution in [3.05, 3.63) is 65.3 Å². The molecule has 0 unspecified atom stereocenters. The minimum Gasteiger partial charge on any atom is -0.255 e. The second kappa shape index (κ2) is 5.12. The molecule has 0 saturated heterocycles. The van der Waals surface area contributed by atoms with Crippen LogP contribution in [0.3, 0.4) is 0 Å². The van der Waals surface area contributed by atoms with Gasteiger partial charge in [-0.15, -0.1) is 0 Å². The fourth-order valence-electron chi connectivity index (χ4n) is 1.75. The van der Waals surface area contributed by atoms with Crippen molar-refractivity contribution in [3.8, 4) is 0 Å². The zero-order valence-corrected chi connectivity index (χ0v) is 11.9. The molecule has 1 heterocycles. The summed E-state index contributed by atoms with van der Waals surface area (Å²) in [4.78, 5) is 6.85. The average Bonchev–Trinajstić information content (AvgIpc) is 2.41. The molecule has 0 aliphatic rings. The summed E-state index contributed by atoms with van der Waals surface area (Å²) in [6.45, 7) is 0. The number of nitrogens with zero attached hydrogens (tertiary/aromatic N) is 1. The average molecular weight is 316 g/mol. The largest absolute Gasteiger partial charge is 0.255 e. The highest BCUT2D eigenvalue weighted by Gasteiger charge is 2.00.